The highest BCUT2D eigenvalue weighted by Crippen LogP contribution is 2.43. The summed E-state index contributed by atoms with van der Waals surface area (Å²) in [5, 5.41) is 10.6. The fourth-order valence-electron chi connectivity index (χ4n) is 4.91. The third-order valence-corrected chi connectivity index (χ3v) is 7.45. The molecule has 0 amide bonds. The second kappa shape index (κ2) is 12.8. The quantitative estimate of drug-likeness (QED) is 0.243. The number of hydrogen-bond acceptors (Lipinski definition) is 7. The first-order valence-electron chi connectivity index (χ1n) is 14.1. The van der Waals surface area contributed by atoms with E-state index in [9.17, 15) is 14.3 Å². The molecular weight excluding hydrogens is 561 g/mol. The van der Waals surface area contributed by atoms with Crippen molar-refractivity contribution in [3.8, 4) is 22.8 Å². The van der Waals surface area contributed by atoms with Gasteiger partial charge in [0, 0.05) is 59.0 Å². The third-order valence-electron chi connectivity index (χ3n) is 7.21. The number of halogens is 2. The predicted octanol–water partition coefficient (Wildman–Crippen LogP) is 7.27. The molecule has 0 bridgehead atoms. The Morgan fingerprint density at radius 2 is 1.79 bits per heavy atom. The lowest BCUT2D eigenvalue weighted by Gasteiger charge is -2.40. The van der Waals surface area contributed by atoms with Gasteiger partial charge in [-0.1, -0.05) is 25.4 Å². The molecule has 1 aliphatic heterocycles. The second-order valence-corrected chi connectivity index (χ2v) is 12.7. The van der Waals surface area contributed by atoms with Gasteiger partial charge >= 0.3 is 5.97 Å². The Balaban J connectivity index is 1.61. The molecule has 1 aliphatic rings. The predicted molar refractivity (Wildman–Crippen MR) is 161 cm³/mol. The smallest absolute Gasteiger partial charge is 0.337 e. The van der Waals surface area contributed by atoms with Gasteiger partial charge in [0.25, 0.3) is 0 Å². The molecule has 0 spiro atoms. The summed E-state index contributed by atoms with van der Waals surface area (Å²) in [5.74, 6) is -1.13. The summed E-state index contributed by atoms with van der Waals surface area (Å²) < 4.78 is 31.2. The van der Waals surface area contributed by atoms with E-state index in [1.807, 2.05) is 33.8 Å². The van der Waals surface area contributed by atoms with Gasteiger partial charge in [0.1, 0.15) is 13.2 Å². The number of hydrogen-bond donors (Lipinski definition) is 1. The highest BCUT2D eigenvalue weighted by molar-refractivity contribution is 6.30. The first-order chi connectivity index (χ1) is 19.7. The Morgan fingerprint density at radius 3 is 2.38 bits per heavy atom. The van der Waals surface area contributed by atoms with Crippen LogP contribution in [0.3, 0.4) is 0 Å². The maximum absolute atomic E-state index is 13.9. The summed E-state index contributed by atoms with van der Waals surface area (Å²) >= 11 is 5.78. The molecule has 0 radical (unpaired) electrons. The minimum atomic E-state index is -1.19. The molecule has 1 fully saturated rings. The number of aromatic nitrogens is 2. The van der Waals surface area contributed by atoms with E-state index in [1.54, 1.807) is 24.5 Å². The maximum atomic E-state index is 13.9. The molecule has 1 aromatic carbocycles. The number of piperidine rings is 1. The van der Waals surface area contributed by atoms with Crippen molar-refractivity contribution in [3.05, 3.63) is 64.8 Å². The van der Waals surface area contributed by atoms with E-state index in [0.717, 1.165) is 42.7 Å². The molecule has 0 aliphatic carbocycles. The van der Waals surface area contributed by atoms with Crippen molar-refractivity contribution >= 4 is 23.3 Å². The highest BCUT2D eigenvalue weighted by atomic mass is 35.5. The van der Waals surface area contributed by atoms with Gasteiger partial charge in [-0.25, -0.2) is 14.2 Å². The van der Waals surface area contributed by atoms with Crippen LogP contribution in [0.2, 0.25) is 5.02 Å². The number of ether oxygens (including phenoxy) is 3. The first-order valence-corrected chi connectivity index (χ1v) is 14.4. The lowest BCUT2D eigenvalue weighted by atomic mass is 9.82. The van der Waals surface area contributed by atoms with Crippen molar-refractivity contribution in [3.63, 3.8) is 0 Å². The Kier molecular flexibility index (Phi) is 9.63. The maximum Gasteiger partial charge on any atom is 0.337 e. The standard InChI is InChI=1S/C32H39ClFN3O5/c1-20-27(29(30(38)39)42-31(2,3)4)28(37-13-11-32(5,6)12-14-37)23(19-35-20)21-7-10-26(36-18-21)41-16-15-40-25-9-8-22(33)17-24(25)34/h7-10,17-19,29H,11-16H2,1-6H3,(H,38,39)/t29-/m0/s1. The first kappa shape index (κ1) is 31.5. The van der Waals surface area contributed by atoms with Crippen molar-refractivity contribution in [1.82, 2.24) is 9.97 Å². The minimum Gasteiger partial charge on any atom is -0.487 e. The molecule has 1 atom stereocenters. The van der Waals surface area contributed by atoms with E-state index < -0.39 is 23.5 Å². The zero-order valence-electron chi connectivity index (χ0n) is 25.0. The number of rotatable bonds is 10. The molecule has 226 valence electrons. The highest BCUT2D eigenvalue weighted by Gasteiger charge is 2.35. The molecule has 2 aromatic heterocycles. The van der Waals surface area contributed by atoms with Crippen LogP contribution < -0.4 is 14.4 Å². The van der Waals surface area contributed by atoms with Gasteiger partial charge in [-0.3, -0.25) is 4.98 Å². The van der Waals surface area contributed by atoms with E-state index in [1.165, 1.54) is 12.1 Å². The van der Waals surface area contributed by atoms with E-state index in [4.69, 9.17) is 25.8 Å². The van der Waals surface area contributed by atoms with Crippen LogP contribution >= 0.6 is 11.6 Å². The van der Waals surface area contributed by atoms with Crippen molar-refractivity contribution in [1.29, 1.82) is 0 Å². The number of benzene rings is 1. The van der Waals surface area contributed by atoms with E-state index in [-0.39, 0.29) is 24.4 Å². The summed E-state index contributed by atoms with van der Waals surface area (Å²) in [6.07, 6.45) is 4.21. The third kappa shape index (κ3) is 7.89. The van der Waals surface area contributed by atoms with Crippen LogP contribution in [-0.2, 0) is 9.53 Å². The zero-order valence-corrected chi connectivity index (χ0v) is 25.8. The normalized spacial score (nSPS) is 15.8. The molecule has 3 heterocycles. The van der Waals surface area contributed by atoms with Gasteiger partial charge in [0.2, 0.25) is 5.88 Å². The van der Waals surface area contributed by atoms with Crippen LogP contribution in [0.25, 0.3) is 11.1 Å². The van der Waals surface area contributed by atoms with E-state index in [2.05, 4.69) is 28.7 Å². The average Bonchev–Trinajstić information content (AvgIpc) is 2.91. The van der Waals surface area contributed by atoms with E-state index in [0.29, 0.717) is 22.2 Å². The van der Waals surface area contributed by atoms with Crippen LogP contribution in [0, 0.1) is 18.2 Å². The Morgan fingerprint density at radius 1 is 1.10 bits per heavy atom. The molecule has 4 rings (SSSR count). The topological polar surface area (TPSA) is 94.0 Å². The van der Waals surface area contributed by atoms with Gasteiger partial charge in [-0.15, -0.1) is 0 Å². The second-order valence-electron chi connectivity index (χ2n) is 12.3. The number of aryl methyl sites for hydroxylation is 1. The molecule has 3 aromatic rings. The van der Waals surface area contributed by atoms with Gasteiger partial charge < -0.3 is 24.2 Å². The number of aliphatic carboxylic acids is 1. The molecule has 0 saturated carbocycles. The number of anilines is 1. The number of pyridine rings is 2. The van der Waals surface area contributed by atoms with Crippen LogP contribution in [0.5, 0.6) is 11.6 Å². The van der Waals surface area contributed by atoms with Gasteiger partial charge in [0.15, 0.2) is 17.7 Å². The Bertz CT molecular complexity index is 1400. The van der Waals surface area contributed by atoms with Gasteiger partial charge in [-0.05, 0) is 70.2 Å². The molecule has 10 heteroatoms. The summed E-state index contributed by atoms with van der Waals surface area (Å²) in [4.78, 5) is 23.9. The SMILES string of the molecule is Cc1ncc(-c2ccc(OCCOc3ccc(Cl)cc3F)nc2)c(N2CCC(C)(C)CC2)c1[C@H](OC(C)(C)C)C(=O)O. The summed E-state index contributed by atoms with van der Waals surface area (Å²) in [6.45, 7) is 13.7. The molecular formula is C32H39ClFN3O5. The van der Waals surface area contributed by atoms with E-state index >= 15 is 0 Å². The molecule has 1 N–H and O–H groups in total. The van der Waals surface area contributed by atoms with Crippen LogP contribution in [-0.4, -0.2) is 52.9 Å². The van der Waals surface area contributed by atoms with Gasteiger partial charge in [-0.2, -0.15) is 0 Å². The molecule has 42 heavy (non-hydrogen) atoms. The number of carboxylic acids is 1. The van der Waals surface area contributed by atoms with Crippen LogP contribution in [0.15, 0.2) is 42.7 Å². The number of carboxylic acid groups (broad SMARTS) is 1. The molecule has 1 saturated heterocycles. The lowest BCUT2D eigenvalue weighted by molar-refractivity contribution is -0.160. The zero-order chi connectivity index (χ0) is 30.7. The van der Waals surface area contributed by atoms with Crippen LogP contribution in [0.4, 0.5) is 10.1 Å². The summed E-state index contributed by atoms with van der Waals surface area (Å²) in [6, 6.07) is 7.82. The Labute approximate surface area is 251 Å². The molecule has 8 nitrogen and oxygen atoms in total. The number of carbonyl (C=O) groups is 1. The van der Waals surface area contributed by atoms with Crippen LogP contribution in [0.1, 0.15) is 64.8 Å². The minimum absolute atomic E-state index is 0.0951. The Hall–Kier alpha value is -3.43. The summed E-state index contributed by atoms with van der Waals surface area (Å²) in [7, 11) is 0. The van der Waals surface area contributed by atoms with Crippen molar-refractivity contribution < 1.29 is 28.5 Å². The van der Waals surface area contributed by atoms with Crippen molar-refractivity contribution in [2.45, 2.75) is 66.1 Å². The molecule has 0 unspecified atom stereocenters. The lowest BCUT2D eigenvalue weighted by Crippen LogP contribution is -2.39. The summed E-state index contributed by atoms with van der Waals surface area (Å²) in [5.41, 5.74) is 3.05. The fourth-order valence-corrected chi connectivity index (χ4v) is 5.07. The monoisotopic (exact) mass is 599 g/mol. The average molecular weight is 600 g/mol. The van der Waals surface area contributed by atoms with Crippen molar-refractivity contribution in [2.75, 3.05) is 31.2 Å². The largest absolute Gasteiger partial charge is 0.487 e. The number of nitrogens with zero attached hydrogens (tertiary/aromatic N) is 3. The van der Waals surface area contributed by atoms with Crippen molar-refractivity contribution in [2.24, 2.45) is 5.41 Å². The fraction of sp³-hybridized carbons (Fsp3) is 0.469. The van der Waals surface area contributed by atoms with Gasteiger partial charge in [0.05, 0.1) is 11.3 Å².